The summed E-state index contributed by atoms with van der Waals surface area (Å²) in [5.41, 5.74) is 1.18. The van der Waals surface area contributed by atoms with Crippen molar-refractivity contribution in [2.45, 2.75) is 19.9 Å². The predicted octanol–water partition coefficient (Wildman–Crippen LogP) is 2.14. The maximum atomic E-state index is 5.60. The maximum absolute atomic E-state index is 5.60. The summed E-state index contributed by atoms with van der Waals surface area (Å²) in [6, 6.07) is 6.28. The number of hydrogen-bond acceptors (Lipinski definition) is 4. The molecule has 4 nitrogen and oxygen atoms in total. The maximum Gasteiger partial charge on any atom is 0.161 e. The molecule has 0 aromatic heterocycles. The monoisotopic (exact) mass is 251 g/mol. The minimum atomic E-state index is 0.200. The summed E-state index contributed by atoms with van der Waals surface area (Å²) in [7, 11) is 0. The van der Waals surface area contributed by atoms with Gasteiger partial charge in [-0.25, -0.2) is 0 Å². The number of nitrogens with one attached hydrogen (secondary N) is 1. The topological polar surface area (TPSA) is 39.7 Å². The molecule has 0 fully saturated rings. The van der Waals surface area contributed by atoms with Gasteiger partial charge in [-0.15, -0.1) is 0 Å². The Bertz CT molecular complexity index is 381. The highest BCUT2D eigenvalue weighted by atomic mass is 16.6. The first-order chi connectivity index (χ1) is 8.85. The molecule has 1 atom stereocenters. The Kier molecular flexibility index (Phi) is 4.84. The quantitative estimate of drug-likeness (QED) is 0.841. The number of likely N-dealkylation sites (N-methyl/N-ethyl adjacent to an activating group) is 1. The number of benzene rings is 1. The average molecular weight is 251 g/mol. The van der Waals surface area contributed by atoms with Crippen molar-refractivity contribution in [2.24, 2.45) is 0 Å². The molecule has 100 valence electrons. The molecule has 1 aromatic rings. The summed E-state index contributed by atoms with van der Waals surface area (Å²) in [6.07, 6.45) is 0. The van der Waals surface area contributed by atoms with Gasteiger partial charge in [-0.3, -0.25) is 0 Å². The average Bonchev–Trinajstić information content (AvgIpc) is 2.43. The van der Waals surface area contributed by atoms with Gasteiger partial charge in [0.25, 0.3) is 0 Å². The van der Waals surface area contributed by atoms with E-state index in [4.69, 9.17) is 14.2 Å². The molecular weight excluding hydrogens is 230 g/mol. The highest BCUT2D eigenvalue weighted by Crippen LogP contribution is 2.32. The van der Waals surface area contributed by atoms with Gasteiger partial charge in [-0.2, -0.15) is 0 Å². The first-order valence-electron chi connectivity index (χ1n) is 6.55. The molecule has 0 spiro atoms. The smallest absolute Gasteiger partial charge is 0.161 e. The van der Waals surface area contributed by atoms with Crippen LogP contribution in [0.5, 0.6) is 11.5 Å². The van der Waals surface area contributed by atoms with E-state index >= 15 is 0 Å². The normalized spacial score (nSPS) is 15.4. The van der Waals surface area contributed by atoms with E-state index in [0.29, 0.717) is 19.8 Å². The Hall–Kier alpha value is -1.26. The fourth-order valence-corrected chi connectivity index (χ4v) is 2.03. The fourth-order valence-electron chi connectivity index (χ4n) is 2.03. The lowest BCUT2D eigenvalue weighted by Crippen LogP contribution is -2.25. The van der Waals surface area contributed by atoms with E-state index in [1.54, 1.807) is 0 Å². The molecule has 1 aliphatic rings. The zero-order chi connectivity index (χ0) is 12.8. The van der Waals surface area contributed by atoms with E-state index < -0.39 is 0 Å². The van der Waals surface area contributed by atoms with E-state index in [9.17, 15) is 0 Å². The molecule has 1 heterocycles. The molecule has 0 radical (unpaired) electrons. The lowest BCUT2D eigenvalue weighted by molar-refractivity contribution is 0.123. The van der Waals surface area contributed by atoms with E-state index in [0.717, 1.165) is 24.7 Å². The first-order valence-corrected chi connectivity index (χ1v) is 6.55. The van der Waals surface area contributed by atoms with Gasteiger partial charge in [0.1, 0.15) is 13.2 Å². The molecule has 0 saturated heterocycles. The SMILES string of the molecule is CCNC(COCC)c1ccc2c(c1)OCCO2. The molecular formula is C14H21NO3. The van der Waals surface area contributed by atoms with Gasteiger partial charge in [-0.1, -0.05) is 13.0 Å². The van der Waals surface area contributed by atoms with Crippen LogP contribution in [0.1, 0.15) is 25.5 Å². The molecule has 4 heteroatoms. The van der Waals surface area contributed by atoms with Gasteiger partial charge in [0.05, 0.1) is 12.6 Å². The zero-order valence-electron chi connectivity index (χ0n) is 11.1. The summed E-state index contributed by atoms with van der Waals surface area (Å²) >= 11 is 0. The van der Waals surface area contributed by atoms with Crippen LogP contribution >= 0.6 is 0 Å². The minimum absolute atomic E-state index is 0.200. The Labute approximate surface area is 108 Å². The largest absolute Gasteiger partial charge is 0.486 e. The fraction of sp³-hybridized carbons (Fsp3) is 0.571. The summed E-state index contributed by atoms with van der Waals surface area (Å²) in [5.74, 6) is 1.66. The number of rotatable bonds is 6. The van der Waals surface area contributed by atoms with Crippen LogP contribution in [0.3, 0.4) is 0 Å². The first kappa shape index (κ1) is 13.2. The second-order valence-electron chi connectivity index (χ2n) is 4.17. The van der Waals surface area contributed by atoms with Crippen LogP contribution in [-0.2, 0) is 4.74 Å². The molecule has 2 rings (SSSR count). The Morgan fingerprint density at radius 1 is 1.22 bits per heavy atom. The summed E-state index contributed by atoms with van der Waals surface area (Å²) in [4.78, 5) is 0. The summed E-state index contributed by atoms with van der Waals surface area (Å²) in [5, 5.41) is 3.42. The second-order valence-corrected chi connectivity index (χ2v) is 4.17. The standard InChI is InChI=1S/C14H21NO3/c1-3-15-12(10-16-4-2)11-5-6-13-14(9-11)18-8-7-17-13/h5-6,9,12,15H,3-4,7-8,10H2,1-2H3. The van der Waals surface area contributed by atoms with Gasteiger partial charge in [0.2, 0.25) is 0 Å². The van der Waals surface area contributed by atoms with Gasteiger partial charge in [0.15, 0.2) is 11.5 Å². The van der Waals surface area contributed by atoms with Crippen molar-refractivity contribution in [3.05, 3.63) is 23.8 Å². The van der Waals surface area contributed by atoms with Crippen molar-refractivity contribution in [2.75, 3.05) is 33.0 Å². The van der Waals surface area contributed by atoms with Crippen LogP contribution in [0.25, 0.3) is 0 Å². The number of ether oxygens (including phenoxy) is 3. The van der Waals surface area contributed by atoms with Crippen LogP contribution in [0.2, 0.25) is 0 Å². The predicted molar refractivity (Wildman–Crippen MR) is 70.3 cm³/mol. The highest BCUT2D eigenvalue weighted by molar-refractivity contribution is 5.44. The van der Waals surface area contributed by atoms with Crippen molar-refractivity contribution < 1.29 is 14.2 Å². The molecule has 0 bridgehead atoms. The van der Waals surface area contributed by atoms with E-state index in [-0.39, 0.29) is 6.04 Å². The number of fused-ring (bicyclic) bond motifs is 1. The molecule has 1 aliphatic heterocycles. The van der Waals surface area contributed by atoms with Crippen molar-refractivity contribution in [3.8, 4) is 11.5 Å². The molecule has 18 heavy (non-hydrogen) atoms. The third-order valence-electron chi connectivity index (χ3n) is 2.91. The highest BCUT2D eigenvalue weighted by Gasteiger charge is 2.16. The van der Waals surface area contributed by atoms with Crippen LogP contribution in [0, 0.1) is 0 Å². The molecule has 0 aliphatic carbocycles. The third kappa shape index (κ3) is 3.15. The molecule has 0 amide bonds. The van der Waals surface area contributed by atoms with Gasteiger partial charge >= 0.3 is 0 Å². The Balaban J connectivity index is 2.13. The molecule has 1 unspecified atom stereocenters. The van der Waals surface area contributed by atoms with Crippen molar-refractivity contribution >= 4 is 0 Å². The number of hydrogen-bond donors (Lipinski definition) is 1. The minimum Gasteiger partial charge on any atom is -0.486 e. The van der Waals surface area contributed by atoms with Crippen LogP contribution in [-0.4, -0.2) is 33.0 Å². The van der Waals surface area contributed by atoms with Crippen molar-refractivity contribution in [1.82, 2.24) is 5.32 Å². The Morgan fingerprint density at radius 3 is 2.72 bits per heavy atom. The lowest BCUT2D eigenvalue weighted by atomic mass is 10.1. The van der Waals surface area contributed by atoms with Crippen molar-refractivity contribution in [3.63, 3.8) is 0 Å². The van der Waals surface area contributed by atoms with Gasteiger partial charge < -0.3 is 19.5 Å². The lowest BCUT2D eigenvalue weighted by Gasteiger charge is -2.22. The summed E-state index contributed by atoms with van der Waals surface area (Å²) < 4.78 is 16.6. The van der Waals surface area contributed by atoms with Crippen LogP contribution in [0.15, 0.2) is 18.2 Å². The third-order valence-corrected chi connectivity index (χ3v) is 2.91. The van der Waals surface area contributed by atoms with Crippen LogP contribution in [0.4, 0.5) is 0 Å². The zero-order valence-corrected chi connectivity index (χ0v) is 11.1. The van der Waals surface area contributed by atoms with E-state index in [1.165, 1.54) is 5.56 Å². The van der Waals surface area contributed by atoms with Gasteiger partial charge in [-0.05, 0) is 31.2 Å². The molecule has 0 saturated carbocycles. The van der Waals surface area contributed by atoms with Crippen molar-refractivity contribution in [1.29, 1.82) is 0 Å². The molecule has 1 N–H and O–H groups in total. The Morgan fingerprint density at radius 2 is 2.00 bits per heavy atom. The molecule has 1 aromatic carbocycles. The van der Waals surface area contributed by atoms with Gasteiger partial charge in [0, 0.05) is 6.61 Å². The van der Waals surface area contributed by atoms with Crippen LogP contribution < -0.4 is 14.8 Å². The van der Waals surface area contributed by atoms with E-state index in [2.05, 4.69) is 18.3 Å². The second kappa shape index (κ2) is 6.61. The van der Waals surface area contributed by atoms with E-state index in [1.807, 2.05) is 19.1 Å². The summed E-state index contributed by atoms with van der Waals surface area (Å²) in [6.45, 7) is 7.65.